The number of benzene rings is 1. The normalized spacial score (nSPS) is 21.2. The van der Waals surface area contributed by atoms with Gasteiger partial charge < -0.3 is 9.64 Å². The van der Waals surface area contributed by atoms with Crippen LogP contribution in [0, 0.1) is 5.92 Å². The maximum absolute atomic E-state index is 12.6. The maximum atomic E-state index is 12.6. The summed E-state index contributed by atoms with van der Waals surface area (Å²) >= 11 is 0. The second-order valence-corrected chi connectivity index (χ2v) is 5.89. The number of nitrogens with zero attached hydrogens (tertiary/aromatic N) is 3. The van der Waals surface area contributed by atoms with E-state index in [9.17, 15) is 4.79 Å². The summed E-state index contributed by atoms with van der Waals surface area (Å²) in [6.45, 7) is 1.42. The smallest absolute Gasteiger partial charge is 0.255 e. The topological polar surface area (TPSA) is 55.3 Å². The number of methoxy groups -OCH3 is 1. The van der Waals surface area contributed by atoms with Gasteiger partial charge >= 0.3 is 0 Å². The molecule has 2 aromatic rings. The van der Waals surface area contributed by atoms with E-state index in [1.807, 2.05) is 23.1 Å². The summed E-state index contributed by atoms with van der Waals surface area (Å²) in [4.78, 5) is 14.5. The van der Waals surface area contributed by atoms with Crippen LogP contribution in [0.25, 0.3) is 0 Å². The minimum Gasteiger partial charge on any atom is -0.381 e. The van der Waals surface area contributed by atoms with Crippen molar-refractivity contribution in [1.29, 1.82) is 0 Å². The van der Waals surface area contributed by atoms with Gasteiger partial charge in [-0.3, -0.25) is 4.79 Å². The van der Waals surface area contributed by atoms with Gasteiger partial charge in [0.1, 0.15) is 0 Å². The first-order valence-corrected chi connectivity index (χ1v) is 7.90. The molecular formula is C18H21N3O2. The van der Waals surface area contributed by atoms with Crippen molar-refractivity contribution in [2.75, 3.05) is 20.2 Å². The number of hydrogen-bond acceptors (Lipinski definition) is 4. The zero-order chi connectivity index (χ0) is 16.1. The molecule has 5 heteroatoms. The third kappa shape index (κ3) is 3.74. The van der Waals surface area contributed by atoms with Crippen LogP contribution in [-0.2, 0) is 11.2 Å². The van der Waals surface area contributed by atoms with Crippen LogP contribution in [0.2, 0.25) is 0 Å². The Morgan fingerprint density at radius 1 is 1.26 bits per heavy atom. The molecule has 0 radical (unpaired) electrons. The SMILES string of the molecule is CO[C@H]1CCN(C(=O)c2ccnnc2)C[C@@H]1Cc1ccccc1. The monoisotopic (exact) mass is 311 g/mol. The van der Waals surface area contributed by atoms with Crippen molar-refractivity contribution in [2.24, 2.45) is 5.92 Å². The molecule has 0 spiro atoms. The van der Waals surface area contributed by atoms with Crippen molar-refractivity contribution < 1.29 is 9.53 Å². The number of amides is 1. The molecule has 120 valence electrons. The lowest BCUT2D eigenvalue weighted by Crippen LogP contribution is -2.47. The van der Waals surface area contributed by atoms with Gasteiger partial charge in [-0.25, -0.2) is 0 Å². The highest BCUT2D eigenvalue weighted by Gasteiger charge is 2.32. The standard InChI is InChI=1S/C18H21N3O2/c1-23-17-8-10-21(18(22)15-7-9-19-20-12-15)13-16(17)11-14-5-3-2-4-6-14/h2-7,9,12,16-17H,8,10-11,13H2,1H3/t16-,17-/m0/s1. The fourth-order valence-electron chi connectivity index (χ4n) is 3.22. The van der Waals surface area contributed by atoms with Gasteiger partial charge in [-0.05, 0) is 24.5 Å². The maximum Gasteiger partial charge on any atom is 0.255 e. The Morgan fingerprint density at radius 3 is 2.78 bits per heavy atom. The lowest BCUT2D eigenvalue weighted by Gasteiger charge is -2.38. The zero-order valence-corrected chi connectivity index (χ0v) is 13.3. The number of aromatic nitrogens is 2. The predicted molar refractivity (Wildman–Crippen MR) is 87.0 cm³/mol. The Hall–Kier alpha value is -2.27. The van der Waals surface area contributed by atoms with Crippen molar-refractivity contribution in [3.63, 3.8) is 0 Å². The Labute approximate surface area is 136 Å². The Balaban J connectivity index is 1.72. The molecule has 1 amide bonds. The molecule has 0 saturated carbocycles. The van der Waals surface area contributed by atoms with E-state index in [2.05, 4.69) is 22.3 Å². The van der Waals surface area contributed by atoms with Crippen LogP contribution in [0.1, 0.15) is 22.3 Å². The Kier molecular flexibility index (Phi) is 4.98. The summed E-state index contributed by atoms with van der Waals surface area (Å²) in [5, 5.41) is 7.52. The lowest BCUT2D eigenvalue weighted by atomic mass is 9.88. The quantitative estimate of drug-likeness (QED) is 0.868. The van der Waals surface area contributed by atoms with Crippen molar-refractivity contribution >= 4 is 5.91 Å². The van der Waals surface area contributed by atoms with E-state index in [-0.39, 0.29) is 12.0 Å². The number of hydrogen-bond donors (Lipinski definition) is 0. The van der Waals surface area contributed by atoms with Gasteiger partial charge in [0.2, 0.25) is 0 Å². The van der Waals surface area contributed by atoms with Crippen LogP contribution < -0.4 is 0 Å². The average molecular weight is 311 g/mol. The van der Waals surface area contributed by atoms with Gasteiger partial charge in [0.25, 0.3) is 5.91 Å². The Morgan fingerprint density at radius 2 is 2.09 bits per heavy atom. The van der Waals surface area contributed by atoms with Crippen LogP contribution >= 0.6 is 0 Å². The number of ether oxygens (including phenoxy) is 1. The summed E-state index contributed by atoms with van der Waals surface area (Å²) in [7, 11) is 1.76. The summed E-state index contributed by atoms with van der Waals surface area (Å²) in [5.41, 5.74) is 1.87. The molecule has 1 saturated heterocycles. The van der Waals surface area contributed by atoms with Gasteiger partial charge in [-0.1, -0.05) is 30.3 Å². The number of piperidine rings is 1. The number of carbonyl (C=O) groups excluding carboxylic acids is 1. The number of likely N-dealkylation sites (tertiary alicyclic amines) is 1. The fraction of sp³-hybridized carbons (Fsp3) is 0.389. The summed E-state index contributed by atoms with van der Waals surface area (Å²) < 4.78 is 5.65. The van der Waals surface area contributed by atoms with Gasteiger partial charge in [0, 0.05) is 26.1 Å². The van der Waals surface area contributed by atoms with E-state index in [0.717, 1.165) is 12.8 Å². The van der Waals surface area contributed by atoms with Crippen molar-refractivity contribution in [1.82, 2.24) is 15.1 Å². The third-order valence-corrected chi connectivity index (χ3v) is 4.43. The first-order valence-electron chi connectivity index (χ1n) is 7.90. The van der Waals surface area contributed by atoms with Gasteiger partial charge in [0.05, 0.1) is 24.1 Å². The van der Waals surface area contributed by atoms with E-state index in [4.69, 9.17) is 4.74 Å². The van der Waals surface area contributed by atoms with Crippen molar-refractivity contribution in [2.45, 2.75) is 18.9 Å². The molecule has 3 rings (SSSR count). The molecule has 1 aliphatic rings. The van der Waals surface area contributed by atoms with E-state index in [1.165, 1.54) is 11.8 Å². The molecule has 0 aliphatic carbocycles. The van der Waals surface area contributed by atoms with Crippen molar-refractivity contribution in [3.8, 4) is 0 Å². The highest BCUT2D eigenvalue weighted by atomic mass is 16.5. The highest BCUT2D eigenvalue weighted by molar-refractivity contribution is 5.93. The number of rotatable bonds is 4. The molecule has 1 fully saturated rings. The van der Waals surface area contributed by atoms with Gasteiger partial charge in [-0.15, -0.1) is 0 Å². The highest BCUT2D eigenvalue weighted by Crippen LogP contribution is 2.24. The van der Waals surface area contributed by atoms with Crippen LogP contribution in [0.3, 0.4) is 0 Å². The van der Waals surface area contributed by atoms with E-state index >= 15 is 0 Å². The van der Waals surface area contributed by atoms with Gasteiger partial charge in [-0.2, -0.15) is 10.2 Å². The average Bonchev–Trinajstić information content (AvgIpc) is 2.62. The molecule has 5 nitrogen and oxygen atoms in total. The zero-order valence-electron chi connectivity index (χ0n) is 13.3. The Bertz CT molecular complexity index is 633. The second-order valence-electron chi connectivity index (χ2n) is 5.89. The molecule has 0 N–H and O–H groups in total. The van der Waals surface area contributed by atoms with Crippen LogP contribution in [-0.4, -0.2) is 47.3 Å². The minimum absolute atomic E-state index is 0.0208. The lowest BCUT2D eigenvalue weighted by molar-refractivity contribution is -0.00301. The fourth-order valence-corrected chi connectivity index (χ4v) is 3.22. The molecular weight excluding hydrogens is 290 g/mol. The molecule has 1 aromatic heterocycles. The van der Waals surface area contributed by atoms with Gasteiger partial charge in [0.15, 0.2) is 0 Å². The molecule has 23 heavy (non-hydrogen) atoms. The van der Waals surface area contributed by atoms with Crippen LogP contribution in [0.15, 0.2) is 48.8 Å². The van der Waals surface area contributed by atoms with E-state index in [1.54, 1.807) is 19.4 Å². The second kappa shape index (κ2) is 7.33. The molecule has 0 bridgehead atoms. The van der Waals surface area contributed by atoms with Crippen LogP contribution in [0.5, 0.6) is 0 Å². The summed E-state index contributed by atoms with van der Waals surface area (Å²) in [6.07, 6.45) is 5.04. The molecule has 1 aromatic carbocycles. The van der Waals surface area contributed by atoms with Crippen LogP contribution in [0.4, 0.5) is 0 Å². The van der Waals surface area contributed by atoms with E-state index < -0.39 is 0 Å². The number of carbonyl (C=O) groups is 1. The summed E-state index contributed by atoms with van der Waals surface area (Å²) in [6, 6.07) is 12.1. The minimum atomic E-state index is 0.0208. The predicted octanol–water partition coefficient (Wildman–Crippen LogP) is 2.20. The first kappa shape index (κ1) is 15.6. The molecule has 2 heterocycles. The molecule has 0 unspecified atom stereocenters. The largest absolute Gasteiger partial charge is 0.381 e. The van der Waals surface area contributed by atoms with Crippen molar-refractivity contribution in [3.05, 3.63) is 59.9 Å². The summed E-state index contributed by atoms with van der Waals surface area (Å²) in [5.74, 6) is 0.322. The first-order chi connectivity index (χ1) is 11.3. The molecule has 1 aliphatic heterocycles. The third-order valence-electron chi connectivity index (χ3n) is 4.43. The molecule has 2 atom stereocenters. The van der Waals surface area contributed by atoms with E-state index in [0.29, 0.717) is 24.6 Å².